The maximum Gasteiger partial charge on any atom is 0.329 e. The third-order valence-electron chi connectivity index (χ3n) is 0.887. The van der Waals surface area contributed by atoms with Crippen LogP contribution in [-0.4, -0.2) is 23.4 Å². The molecule has 0 aromatic carbocycles. The summed E-state index contributed by atoms with van der Waals surface area (Å²) in [6, 6.07) is 0. The summed E-state index contributed by atoms with van der Waals surface area (Å²) in [5.74, 6) is 0. The maximum atomic E-state index is 9.14. The number of hydrogen-bond donors (Lipinski definition) is 1. The van der Waals surface area contributed by atoms with Gasteiger partial charge in [0, 0.05) is 5.33 Å². The van der Waals surface area contributed by atoms with E-state index in [9.17, 15) is 0 Å². The van der Waals surface area contributed by atoms with Crippen molar-refractivity contribution in [1.82, 2.24) is 0 Å². The largest absolute Gasteiger partial charge is 0.329 e. The quantitative estimate of drug-likeness (QED) is 0.609. The maximum absolute atomic E-state index is 9.14. The number of alkyl halides is 1. The van der Waals surface area contributed by atoms with E-state index >= 15 is 0 Å². The Labute approximate surface area is 83.6 Å². The van der Waals surface area contributed by atoms with Crippen LogP contribution < -0.4 is 0 Å². The molecular weight excluding hydrogens is 243 g/mol. The van der Waals surface area contributed by atoms with Gasteiger partial charge in [0.15, 0.2) is 0 Å². The predicted molar refractivity (Wildman–Crippen MR) is 54.3 cm³/mol. The van der Waals surface area contributed by atoms with Gasteiger partial charge >= 0.3 is 8.60 Å². The van der Waals surface area contributed by atoms with Gasteiger partial charge in [-0.1, -0.05) is 36.7 Å². The lowest BCUT2D eigenvalue weighted by Gasteiger charge is -2.19. The molecular formula is C7H16BrO3P. The Morgan fingerprint density at radius 1 is 1.33 bits per heavy atom. The molecule has 0 aromatic rings. The minimum absolute atomic E-state index is 0.0705. The predicted octanol–water partition coefficient (Wildman–Crippen LogP) is 2.68. The number of hydrogen-bond acceptors (Lipinski definition) is 3. The van der Waals surface area contributed by atoms with Gasteiger partial charge in [0.1, 0.15) is 0 Å². The number of halogens is 1. The SMILES string of the molecule is CC(C)(C)COP(O)OCCBr. The highest BCUT2D eigenvalue weighted by Gasteiger charge is 2.14. The molecule has 0 aromatic heterocycles. The van der Waals surface area contributed by atoms with Gasteiger partial charge < -0.3 is 13.9 Å². The zero-order chi connectivity index (χ0) is 9.61. The lowest BCUT2D eigenvalue weighted by Crippen LogP contribution is -2.13. The molecule has 1 unspecified atom stereocenters. The average Bonchev–Trinajstić information content (AvgIpc) is 1.95. The first-order chi connectivity index (χ1) is 5.45. The molecule has 74 valence electrons. The Hall–Kier alpha value is 0.790. The zero-order valence-electron chi connectivity index (χ0n) is 7.71. The minimum Gasteiger partial charge on any atom is -0.328 e. The van der Waals surface area contributed by atoms with Crippen molar-refractivity contribution in [3.05, 3.63) is 0 Å². The van der Waals surface area contributed by atoms with Crippen LogP contribution in [0.1, 0.15) is 20.8 Å². The number of rotatable bonds is 5. The molecule has 0 spiro atoms. The summed E-state index contributed by atoms with van der Waals surface area (Å²) < 4.78 is 10.0. The Balaban J connectivity index is 3.37. The van der Waals surface area contributed by atoms with E-state index in [1.807, 2.05) is 20.8 Å². The monoisotopic (exact) mass is 258 g/mol. The fourth-order valence-corrected chi connectivity index (χ4v) is 1.63. The second-order valence-electron chi connectivity index (χ2n) is 3.59. The molecule has 0 radical (unpaired) electrons. The van der Waals surface area contributed by atoms with E-state index in [1.54, 1.807) is 0 Å². The van der Waals surface area contributed by atoms with Gasteiger partial charge in [0.25, 0.3) is 0 Å². The van der Waals surface area contributed by atoms with Crippen LogP contribution in [0.4, 0.5) is 0 Å². The van der Waals surface area contributed by atoms with Gasteiger partial charge in [0.2, 0.25) is 0 Å². The summed E-state index contributed by atoms with van der Waals surface area (Å²) in [6.45, 7) is 7.12. The van der Waals surface area contributed by atoms with Crippen LogP contribution in [0.15, 0.2) is 0 Å². The minimum atomic E-state index is -1.68. The normalized spacial score (nSPS) is 14.8. The van der Waals surface area contributed by atoms with Crippen LogP contribution in [0.25, 0.3) is 0 Å². The topological polar surface area (TPSA) is 38.7 Å². The first-order valence-electron chi connectivity index (χ1n) is 3.76. The summed E-state index contributed by atoms with van der Waals surface area (Å²) in [4.78, 5) is 9.14. The third-order valence-corrected chi connectivity index (χ3v) is 1.96. The highest BCUT2D eigenvalue weighted by atomic mass is 79.9. The third kappa shape index (κ3) is 8.88. The molecule has 0 fully saturated rings. The smallest absolute Gasteiger partial charge is 0.328 e. The van der Waals surface area contributed by atoms with Crippen molar-refractivity contribution in [3.63, 3.8) is 0 Å². The van der Waals surface area contributed by atoms with Gasteiger partial charge in [-0.05, 0) is 5.41 Å². The van der Waals surface area contributed by atoms with Gasteiger partial charge in [-0.15, -0.1) is 0 Å². The van der Waals surface area contributed by atoms with Crippen LogP contribution in [0.5, 0.6) is 0 Å². The molecule has 0 bridgehead atoms. The van der Waals surface area contributed by atoms with Crippen LogP contribution in [-0.2, 0) is 9.05 Å². The van der Waals surface area contributed by atoms with Crippen molar-refractivity contribution in [1.29, 1.82) is 0 Å². The van der Waals surface area contributed by atoms with Gasteiger partial charge in [-0.2, -0.15) is 0 Å². The molecule has 0 amide bonds. The molecule has 0 aliphatic rings. The van der Waals surface area contributed by atoms with Crippen molar-refractivity contribution in [2.45, 2.75) is 20.8 Å². The van der Waals surface area contributed by atoms with E-state index < -0.39 is 8.60 Å². The summed E-state index contributed by atoms with van der Waals surface area (Å²) in [5, 5.41) is 0.714. The molecule has 1 atom stereocenters. The van der Waals surface area contributed by atoms with Gasteiger partial charge in [-0.25, -0.2) is 0 Å². The molecule has 0 aliphatic carbocycles. The fourth-order valence-electron chi connectivity index (χ4n) is 0.399. The van der Waals surface area contributed by atoms with E-state index in [-0.39, 0.29) is 5.41 Å². The van der Waals surface area contributed by atoms with Crippen LogP contribution >= 0.6 is 24.5 Å². The van der Waals surface area contributed by atoms with E-state index in [0.29, 0.717) is 18.5 Å². The van der Waals surface area contributed by atoms with E-state index in [0.717, 1.165) is 0 Å². The first kappa shape index (κ1) is 12.8. The van der Waals surface area contributed by atoms with E-state index in [1.165, 1.54) is 0 Å². The van der Waals surface area contributed by atoms with Crippen molar-refractivity contribution >= 4 is 24.5 Å². The fraction of sp³-hybridized carbons (Fsp3) is 1.00. The van der Waals surface area contributed by atoms with E-state index in [4.69, 9.17) is 13.9 Å². The van der Waals surface area contributed by atoms with Crippen molar-refractivity contribution in [3.8, 4) is 0 Å². The Morgan fingerprint density at radius 3 is 2.33 bits per heavy atom. The summed E-state index contributed by atoms with van der Waals surface area (Å²) >= 11 is 3.19. The zero-order valence-corrected chi connectivity index (χ0v) is 10.2. The van der Waals surface area contributed by atoms with Crippen LogP contribution in [0.2, 0.25) is 0 Å². The summed E-state index contributed by atoms with van der Waals surface area (Å²) in [5.41, 5.74) is 0.0705. The summed E-state index contributed by atoms with van der Waals surface area (Å²) in [6.07, 6.45) is 0. The van der Waals surface area contributed by atoms with E-state index in [2.05, 4.69) is 15.9 Å². The first-order valence-corrected chi connectivity index (χ1v) is 6.02. The molecule has 0 rings (SSSR count). The van der Waals surface area contributed by atoms with Crippen molar-refractivity contribution < 1.29 is 13.9 Å². The van der Waals surface area contributed by atoms with Crippen molar-refractivity contribution in [2.75, 3.05) is 18.5 Å². The lowest BCUT2D eigenvalue weighted by molar-refractivity contribution is 0.152. The Bertz CT molecular complexity index is 116. The lowest BCUT2D eigenvalue weighted by atomic mass is 9.99. The average molecular weight is 259 g/mol. The highest BCUT2D eigenvalue weighted by molar-refractivity contribution is 9.09. The Morgan fingerprint density at radius 2 is 1.92 bits per heavy atom. The Kier molecular flexibility index (Phi) is 6.69. The second kappa shape index (κ2) is 6.28. The summed E-state index contributed by atoms with van der Waals surface area (Å²) in [7, 11) is -1.68. The van der Waals surface area contributed by atoms with Gasteiger partial charge in [0.05, 0.1) is 13.2 Å². The molecule has 3 nitrogen and oxygen atoms in total. The molecule has 0 aliphatic heterocycles. The highest BCUT2D eigenvalue weighted by Crippen LogP contribution is 2.34. The second-order valence-corrected chi connectivity index (χ2v) is 5.38. The molecule has 0 heterocycles. The van der Waals surface area contributed by atoms with Crippen LogP contribution in [0.3, 0.4) is 0 Å². The standard InChI is InChI=1S/C7H16BrO3P/c1-7(2,3)6-11-12(9)10-5-4-8/h9H,4-6H2,1-3H3. The van der Waals surface area contributed by atoms with Crippen LogP contribution in [0, 0.1) is 5.41 Å². The molecule has 12 heavy (non-hydrogen) atoms. The molecule has 0 saturated carbocycles. The molecule has 0 saturated heterocycles. The van der Waals surface area contributed by atoms with Crippen molar-refractivity contribution in [2.24, 2.45) is 5.41 Å². The molecule has 1 N–H and O–H groups in total. The molecule has 5 heteroatoms. The van der Waals surface area contributed by atoms with Gasteiger partial charge in [-0.3, -0.25) is 0 Å².